The van der Waals surface area contributed by atoms with Crippen LogP contribution in [0.15, 0.2) is 11.1 Å². The Labute approximate surface area is 99.1 Å². The van der Waals surface area contributed by atoms with Crippen LogP contribution in [-0.2, 0) is 9.53 Å². The van der Waals surface area contributed by atoms with E-state index in [0.29, 0.717) is 5.92 Å². The number of carbonyl (C=O) groups excluding carboxylic acids is 1. The van der Waals surface area contributed by atoms with Crippen molar-refractivity contribution in [1.82, 2.24) is 0 Å². The van der Waals surface area contributed by atoms with E-state index >= 15 is 0 Å². The van der Waals surface area contributed by atoms with Crippen LogP contribution in [0.4, 0.5) is 0 Å². The topological polar surface area (TPSA) is 26.3 Å². The lowest BCUT2D eigenvalue weighted by Crippen LogP contribution is -2.11. The highest BCUT2D eigenvalue weighted by Gasteiger charge is 2.20. The molecular formula is C14H24O2. The number of hydrogen-bond acceptors (Lipinski definition) is 2. The molecule has 2 heteroatoms. The average molecular weight is 224 g/mol. The molecule has 0 aliphatic heterocycles. The molecule has 0 saturated heterocycles. The molecule has 0 radical (unpaired) electrons. The lowest BCUT2D eigenvalue weighted by atomic mass is 9.87. The van der Waals surface area contributed by atoms with Gasteiger partial charge in [0, 0.05) is 5.57 Å². The maximum atomic E-state index is 11.6. The van der Waals surface area contributed by atoms with E-state index < -0.39 is 0 Å². The van der Waals surface area contributed by atoms with Crippen molar-refractivity contribution >= 4 is 5.97 Å². The van der Waals surface area contributed by atoms with Crippen LogP contribution in [0.25, 0.3) is 0 Å². The Morgan fingerprint density at radius 3 is 2.19 bits per heavy atom. The van der Waals surface area contributed by atoms with Crippen molar-refractivity contribution in [2.24, 2.45) is 5.92 Å². The van der Waals surface area contributed by atoms with Crippen molar-refractivity contribution in [3.63, 3.8) is 0 Å². The Bertz CT molecular complexity index is 258. The third-order valence-corrected chi connectivity index (χ3v) is 3.70. The number of rotatable bonds is 3. The monoisotopic (exact) mass is 224 g/mol. The second kappa shape index (κ2) is 6.72. The van der Waals surface area contributed by atoms with E-state index in [4.69, 9.17) is 4.74 Å². The van der Waals surface area contributed by atoms with Gasteiger partial charge in [0.25, 0.3) is 0 Å². The highest BCUT2D eigenvalue weighted by Crippen LogP contribution is 2.32. The SMILES string of the molecule is CCC(=C(C)C(=O)OC)C1CCCCCC1. The van der Waals surface area contributed by atoms with Gasteiger partial charge in [-0.05, 0) is 32.1 Å². The third kappa shape index (κ3) is 3.36. The van der Waals surface area contributed by atoms with Gasteiger partial charge in [-0.1, -0.05) is 38.2 Å². The first-order valence-electron chi connectivity index (χ1n) is 6.48. The van der Waals surface area contributed by atoms with E-state index in [2.05, 4.69) is 6.92 Å². The number of hydrogen-bond donors (Lipinski definition) is 0. The normalized spacial score (nSPS) is 19.9. The number of allylic oxidation sites excluding steroid dienone is 1. The van der Waals surface area contributed by atoms with Gasteiger partial charge in [0.05, 0.1) is 7.11 Å². The zero-order valence-electron chi connectivity index (χ0n) is 10.8. The molecule has 0 spiro atoms. The van der Waals surface area contributed by atoms with E-state index in [-0.39, 0.29) is 5.97 Å². The highest BCUT2D eigenvalue weighted by atomic mass is 16.5. The molecule has 16 heavy (non-hydrogen) atoms. The van der Waals surface area contributed by atoms with Gasteiger partial charge < -0.3 is 4.74 Å². The zero-order chi connectivity index (χ0) is 12.0. The van der Waals surface area contributed by atoms with E-state index in [9.17, 15) is 4.79 Å². The lowest BCUT2D eigenvalue weighted by molar-refractivity contribution is -0.136. The quantitative estimate of drug-likeness (QED) is 0.413. The molecule has 0 amide bonds. The summed E-state index contributed by atoms with van der Waals surface area (Å²) in [4.78, 5) is 11.6. The summed E-state index contributed by atoms with van der Waals surface area (Å²) in [6.45, 7) is 4.06. The van der Waals surface area contributed by atoms with Gasteiger partial charge in [-0.2, -0.15) is 0 Å². The smallest absolute Gasteiger partial charge is 0.333 e. The Morgan fingerprint density at radius 2 is 1.75 bits per heavy atom. The Kier molecular flexibility index (Phi) is 5.58. The molecule has 1 aliphatic rings. The summed E-state index contributed by atoms with van der Waals surface area (Å²) in [5, 5.41) is 0. The molecule has 0 bridgehead atoms. The Morgan fingerprint density at radius 1 is 1.19 bits per heavy atom. The molecule has 0 atom stereocenters. The predicted octanol–water partition coefficient (Wildman–Crippen LogP) is 3.86. The second-order valence-corrected chi connectivity index (χ2v) is 4.68. The molecular weight excluding hydrogens is 200 g/mol. The number of methoxy groups -OCH3 is 1. The van der Waals surface area contributed by atoms with Gasteiger partial charge >= 0.3 is 5.97 Å². The van der Waals surface area contributed by atoms with Gasteiger partial charge in [-0.15, -0.1) is 0 Å². The van der Waals surface area contributed by atoms with Crippen LogP contribution < -0.4 is 0 Å². The minimum absolute atomic E-state index is 0.152. The molecule has 92 valence electrons. The van der Waals surface area contributed by atoms with Crippen LogP contribution in [0.5, 0.6) is 0 Å². The van der Waals surface area contributed by atoms with Crippen molar-refractivity contribution in [3.8, 4) is 0 Å². The summed E-state index contributed by atoms with van der Waals surface area (Å²) in [6.07, 6.45) is 8.79. The van der Waals surface area contributed by atoms with Crippen LogP contribution in [0, 0.1) is 5.92 Å². The summed E-state index contributed by atoms with van der Waals surface area (Å²) in [5.41, 5.74) is 2.17. The number of esters is 1. The fourth-order valence-corrected chi connectivity index (χ4v) is 2.77. The third-order valence-electron chi connectivity index (χ3n) is 3.70. The van der Waals surface area contributed by atoms with Crippen molar-refractivity contribution in [2.45, 2.75) is 58.8 Å². The Hall–Kier alpha value is -0.790. The summed E-state index contributed by atoms with van der Waals surface area (Å²) >= 11 is 0. The molecule has 1 fully saturated rings. The molecule has 0 N–H and O–H groups in total. The van der Waals surface area contributed by atoms with Gasteiger partial charge in [0.1, 0.15) is 0 Å². The fourth-order valence-electron chi connectivity index (χ4n) is 2.77. The molecule has 0 aromatic carbocycles. The van der Waals surface area contributed by atoms with Crippen molar-refractivity contribution in [3.05, 3.63) is 11.1 Å². The second-order valence-electron chi connectivity index (χ2n) is 4.68. The first kappa shape index (κ1) is 13.3. The molecule has 1 aliphatic carbocycles. The minimum atomic E-state index is -0.152. The summed E-state index contributed by atoms with van der Waals surface area (Å²) < 4.78 is 4.82. The molecule has 1 rings (SSSR count). The molecule has 0 unspecified atom stereocenters. The summed E-state index contributed by atoms with van der Waals surface area (Å²) in [5.74, 6) is 0.465. The van der Waals surface area contributed by atoms with Crippen LogP contribution >= 0.6 is 0 Å². The van der Waals surface area contributed by atoms with Gasteiger partial charge in [0.15, 0.2) is 0 Å². The fraction of sp³-hybridized carbons (Fsp3) is 0.786. The van der Waals surface area contributed by atoms with Crippen molar-refractivity contribution < 1.29 is 9.53 Å². The van der Waals surface area contributed by atoms with Gasteiger partial charge in [-0.3, -0.25) is 0 Å². The minimum Gasteiger partial charge on any atom is -0.466 e. The van der Waals surface area contributed by atoms with Crippen molar-refractivity contribution in [2.75, 3.05) is 7.11 Å². The van der Waals surface area contributed by atoms with E-state index in [1.54, 1.807) is 0 Å². The molecule has 0 heterocycles. The first-order chi connectivity index (χ1) is 7.70. The van der Waals surface area contributed by atoms with Crippen LogP contribution in [0.3, 0.4) is 0 Å². The zero-order valence-corrected chi connectivity index (χ0v) is 10.8. The van der Waals surface area contributed by atoms with Crippen LogP contribution in [-0.4, -0.2) is 13.1 Å². The molecule has 0 aromatic rings. The van der Waals surface area contributed by atoms with E-state index in [1.165, 1.54) is 51.2 Å². The standard InChI is InChI=1S/C14H24O2/c1-4-13(11(2)14(15)16-3)12-9-7-5-6-8-10-12/h12H,4-10H2,1-3H3. The first-order valence-corrected chi connectivity index (χ1v) is 6.48. The Balaban J connectivity index is 2.81. The van der Waals surface area contributed by atoms with Crippen LogP contribution in [0.1, 0.15) is 58.8 Å². The van der Waals surface area contributed by atoms with Gasteiger partial charge in [-0.25, -0.2) is 4.79 Å². The van der Waals surface area contributed by atoms with Crippen LogP contribution in [0.2, 0.25) is 0 Å². The maximum absolute atomic E-state index is 11.6. The van der Waals surface area contributed by atoms with E-state index in [1.807, 2.05) is 6.92 Å². The average Bonchev–Trinajstić information content (AvgIpc) is 2.58. The van der Waals surface area contributed by atoms with E-state index in [0.717, 1.165) is 12.0 Å². The molecule has 2 nitrogen and oxygen atoms in total. The highest BCUT2D eigenvalue weighted by molar-refractivity contribution is 5.88. The molecule has 1 saturated carbocycles. The maximum Gasteiger partial charge on any atom is 0.333 e. The predicted molar refractivity (Wildman–Crippen MR) is 66.2 cm³/mol. The molecule has 0 aromatic heterocycles. The van der Waals surface area contributed by atoms with Gasteiger partial charge in [0.2, 0.25) is 0 Å². The summed E-state index contributed by atoms with van der Waals surface area (Å²) in [7, 11) is 1.46. The summed E-state index contributed by atoms with van der Waals surface area (Å²) in [6, 6.07) is 0. The lowest BCUT2D eigenvalue weighted by Gasteiger charge is -2.19. The van der Waals surface area contributed by atoms with Crippen molar-refractivity contribution in [1.29, 1.82) is 0 Å². The number of ether oxygens (including phenoxy) is 1. The largest absolute Gasteiger partial charge is 0.466 e. The number of carbonyl (C=O) groups is 1.